The summed E-state index contributed by atoms with van der Waals surface area (Å²) in [4.78, 5) is 11.0. The van der Waals surface area contributed by atoms with Gasteiger partial charge in [-0.15, -0.1) is 0 Å². The van der Waals surface area contributed by atoms with E-state index in [0.717, 1.165) is 25.7 Å². The first-order chi connectivity index (χ1) is 9.41. The molecule has 4 N–H and O–H groups in total. The van der Waals surface area contributed by atoms with Gasteiger partial charge in [0, 0.05) is 0 Å². The molecule has 1 aliphatic carbocycles. The van der Waals surface area contributed by atoms with Crippen molar-refractivity contribution in [3.63, 3.8) is 0 Å². The fourth-order valence-electron chi connectivity index (χ4n) is 2.82. The molecule has 2 rings (SSSR count). The van der Waals surface area contributed by atoms with E-state index in [4.69, 9.17) is 14.6 Å². The van der Waals surface area contributed by atoms with Gasteiger partial charge in [0.15, 0.2) is 12.4 Å². The second kappa shape index (κ2) is 6.36. The van der Waals surface area contributed by atoms with Crippen molar-refractivity contribution in [2.75, 3.05) is 0 Å². The minimum absolute atomic E-state index is 0.139. The Bertz CT molecular complexity index is 348. The number of ether oxygens (including phenoxy) is 2. The smallest absolute Gasteiger partial charge is 0.335 e. The Morgan fingerprint density at radius 3 is 2.35 bits per heavy atom. The van der Waals surface area contributed by atoms with Crippen LogP contribution in [0.25, 0.3) is 0 Å². The van der Waals surface area contributed by atoms with Gasteiger partial charge in [-0.1, -0.05) is 19.8 Å². The van der Waals surface area contributed by atoms with Crippen molar-refractivity contribution in [1.29, 1.82) is 0 Å². The van der Waals surface area contributed by atoms with Crippen LogP contribution in [0.5, 0.6) is 0 Å². The monoisotopic (exact) mass is 290 g/mol. The number of carboxylic acid groups (broad SMARTS) is 1. The normalized spacial score (nSPS) is 46.1. The van der Waals surface area contributed by atoms with Gasteiger partial charge in [-0.25, -0.2) is 4.79 Å². The summed E-state index contributed by atoms with van der Waals surface area (Å²) in [5.74, 6) is -1.11. The maximum Gasteiger partial charge on any atom is 0.335 e. The number of aliphatic carboxylic acids is 1. The van der Waals surface area contributed by atoms with Gasteiger partial charge in [-0.2, -0.15) is 0 Å². The molecule has 1 saturated heterocycles. The maximum atomic E-state index is 11.0. The van der Waals surface area contributed by atoms with Crippen molar-refractivity contribution in [3.8, 4) is 0 Å². The molecular formula is C13H22O7. The zero-order valence-corrected chi connectivity index (χ0v) is 11.4. The summed E-state index contributed by atoms with van der Waals surface area (Å²) < 4.78 is 10.8. The molecule has 0 aromatic heterocycles. The van der Waals surface area contributed by atoms with Crippen LogP contribution in [0.3, 0.4) is 0 Å². The van der Waals surface area contributed by atoms with E-state index in [1.54, 1.807) is 0 Å². The second-order valence-corrected chi connectivity index (χ2v) is 5.67. The van der Waals surface area contributed by atoms with E-state index >= 15 is 0 Å². The Morgan fingerprint density at radius 1 is 1.10 bits per heavy atom. The van der Waals surface area contributed by atoms with Crippen LogP contribution in [-0.4, -0.2) is 63.2 Å². The number of hydrogen-bond acceptors (Lipinski definition) is 6. The first-order valence-corrected chi connectivity index (χ1v) is 6.99. The van der Waals surface area contributed by atoms with Crippen LogP contribution < -0.4 is 0 Å². The highest BCUT2D eigenvalue weighted by Gasteiger charge is 2.48. The number of carboxylic acids is 1. The van der Waals surface area contributed by atoms with Gasteiger partial charge >= 0.3 is 5.97 Å². The third kappa shape index (κ3) is 3.12. The second-order valence-electron chi connectivity index (χ2n) is 5.67. The fraction of sp³-hybridized carbons (Fsp3) is 0.923. The highest BCUT2D eigenvalue weighted by Crippen LogP contribution is 2.30. The number of hydrogen-bond donors (Lipinski definition) is 4. The SMILES string of the molecule is C[C@H]1CCCC[C@H]1O[C@@H]1O[C@H](C(=O)O)[C@@H](O)[C@H](O)[C@H]1O. The summed E-state index contributed by atoms with van der Waals surface area (Å²) in [6.45, 7) is 2.03. The standard InChI is InChI=1S/C13H22O7/c1-6-4-2-3-5-7(6)19-13-10(16)8(14)9(15)11(20-13)12(17)18/h6-11,13-16H,2-5H2,1H3,(H,17,18)/t6-,7+,8-,9-,10+,11-,13+/m0/s1. The molecule has 0 bridgehead atoms. The van der Waals surface area contributed by atoms with E-state index in [1.807, 2.05) is 6.92 Å². The highest BCUT2D eigenvalue weighted by atomic mass is 16.7. The van der Waals surface area contributed by atoms with Crippen LogP contribution in [0.4, 0.5) is 0 Å². The van der Waals surface area contributed by atoms with Crippen LogP contribution >= 0.6 is 0 Å². The topological polar surface area (TPSA) is 116 Å². The van der Waals surface area contributed by atoms with Gasteiger partial charge in [0.1, 0.15) is 18.3 Å². The van der Waals surface area contributed by atoms with Crippen molar-refractivity contribution in [1.82, 2.24) is 0 Å². The molecule has 7 heteroatoms. The van der Waals surface area contributed by atoms with Crippen molar-refractivity contribution in [3.05, 3.63) is 0 Å². The Kier molecular flexibility index (Phi) is 4.98. The third-order valence-corrected chi connectivity index (χ3v) is 4.15. The van der Waals surface area contributed by atoms with Crippen LogP contribution in [0.2, 0.25) is 0 Å². The lowest BCUT2D eigenvalue weighted by molar-refractivity contribution is -0.309. The van der Waals surface area contributed by atoms with Gasteiger partial charge < -0.3 is 29.9 Å². The summed E-state index contributed by atoms with van der Waals surface area (Å²) in [6.07, 6.45) is -3.78. The first kappa shape index (κ1) is 15.7. The average Bonchev–Trinajstić information content (AvgIpc) is 2.41. The van der Waals surface area contributed by atoms with E-state index < -0.39 is 36.7 Å². The van der Waals surface area contributed by atoms with E-state index in [9.17, 15) is 20.1 Å². The molecule has 2 aliphatic rings. The molecule has 20 heavy (non-hydrogen) atoms. The molecule has 2 fully saturated rings. The van der Waals surface area contributed by atoms with Crippen LogP contribution in [0.1, 0.15) is 32.6 Å². The number of aliphatic hydroxyl groups excluding tert-OH is 3. The molecule has 0 unspecified atom stereocenters. The van der Waals surface area contributed by atoms with Crippen LogP contribution in [0, 0.1) is 5.92 Å². The molecule has 7 atom stereocenters. The Morgan fingerprint density at radius 2 is 1.75 bits per heavy atom. The minimum atomic E-state index is -1.67. The van der Waals surface area contributed by atoms with E-state index in [0.29, 0.717) is 0 Å². The van der Waals surface area contributed by atoms with Crippen LogP contribution in [0.15, 0.2) is 0 Å². The van der Waals surface area contributed by atoms with Gasteiger partial charge in [0.2, 0.25) is 0 Å². The molecular weight excluding hydrogens is 268 g/mol. The van der Waals surface area contributed by atoms with Crippen molar-refractivity contribution >= 4 is 5.97 Å². The van der Waals surface area contributed by atoms with Crippen molar-refractivity contribution < 1.29 is 34.7 Å². The highest BCUT2D eigenvalue weighted by molar-refractivity contribution is 5.73. The minimum Gasteiger partial charge on any atom is -0.479 e. The lowest BCUT2D eigenvalue weighted by Crippen LogP contribution is -2.61. The van der Waals surface area contributed by atoms with Crippen molar-refractivity contribution in [2.24, 2.45) is 5.92 Å². The van der Waals surface area contributed by atoms with Gasteiger partial charge in [-0.05, 0) is 18.8 Å². The number of rotatable bonds is 3. The van der Waals surface area contributed by atoms with E-state index in [2.05, 4.69) is 0 Å². The quantitative estimate of drug-likeness (QED) is 0.552. The predicted molar refractivity (Wildman–Crippen MR) is 66.8 cm³/mol. The summed E-state index contributed by atoms with van der Waals surface area (Å²) in [5, 5.41) is 38.1. The molecule has 0 amide bonds. The fourth-order valence-corrected chi connectivity index (χ4v) is 2.82. The average molecular weight is 290 g/mol. The van der Waals surface area contributed by atoms with Gasteiger partial charge in [-0.3, -0.25) is 0 Å². The number of carbonyl (C=O) groups is 1. The Hall–Kier alpha value is -0.730. The lowest BCUT2D eigenvalue weighted by Gasteiger charge is -2.41. The first-order valence-electron chi connectivity index (χ1n) is 6.99. The summed E-state index contributed by atoms with van der Waals surface area (Å²) in [7, 11) is 0. The van der Waals surface area contributed by atoms with Gasteiger partial charge in [0.05, 0.1) is 6.10 Å². The van der Waals surface area contributed by atoms with Gasteiger partial charge in [0.25, 0.3) is 0 Å². The van der Waals surface area contributed by atoms with E-state index in [-0.39, 0.29) is 12.0 Å². The van der Waals surface area contributed by atoms with E-state index in [1.165, 1.54) is 0 Å². The zero-order chi connectivity index (χ0) is 14.9. The zero-order valence-electron chi connectivity index (χ0n) is 11.4. The maximum absolute atomic E-state index is 11.0. The largest absolute Gasteiger partial charge is 0.479 e. The lowest BCUT2D eigenvalue weighted by atomic mass is 9.88. The molecule has 0 spiro atoms. The molecule has 1 aliphatic heterocycles. The molecule has 116 valence electrons. The predicted octanol–water partition coefficient (Wildman–Crippen LogP) is -0.526. The Labute approximate surface area is 117 Å². The summed E-state index contributed by atoms with van der Waals surface area (Å²) in [6, 6.07) is 0. The van der Waals surface area contributed by atoms with Crippen molar-refractivity contribution in [2.45, 2.75) is 69.4 Å². The Balaban J connectivity index is 2.04. The molecule has 1 heterocycles. The summed E-state index contributed by atoms with van der Waals surface area (Å²) >= 11 is 0. The van der Waals surface area contributed by atoms with Crippen LogP contribution in [-0.2, 0) is 14.3 Å². The molecule has 7 nitrogen and oxygen atoms in total. The third-order valence-electron chi connectivity index (χ3n) is 4.15. The molecule has 0 radical (unpaired) electrons. The molecule has 0 aromatic rings. The summed E-state index contributed by atoms with van der Waals surface area (Å²) in [5.41, 5.74) is 0. The number of aliphatic hydroxyl groups is 3. The molecule has 1 saturated carbocycles. The molecule has 0 aromatic carbocycles.